The summed E-state index contributed by atoms with van der Waals surface area (Å²) >= 11 is 5.35. The lowest BCUT2D eigenvalue weighted by molar-refractivity contribution is 0.341. The van der Waals surface area contributed by atoms with Crippen LogP contribution in [0, 0.1) is 5.82 Å². The van der Waals surface area contributed by atoms with E-state index in [1.165, 1.54) is 11.6 Å². The van der Waals surface area contributed by atoms with Gasteiger partial charge >= 0.3 is 0 Å². The van der Waals surface area contributed by atoms with Crippen LogP contribution in [0.3, 0.4) is 0 Å². The maximum absolute atomic E-state index is 13.7. The molecule has 0 radical (unpaired) electrons. The Labute approximate surface area is 113 Å². The van der Waals surface area contributed by atoms with Crippen LogP contribution in [0.2, 0.25) is 0 Å². The number of benzene rings is 1. The van der Waals surface area contributed by atoms with Gasteiger partial charge in [0.2, 0.25) is 0 Å². The van der Waals surface area contributed by atoms with Gasteiger partial charge in [0, 0.05) is 17.6 Å². The topological polar surface area (TPSA) is 21.3 Å². The third-order valence-electron chi connectivity index (χ3n) is 2.24. The molecule has 0 saturated heterocycles. The maximum atomic E-state index is 13.7. The molecule has 0 saturated carbocycles. The number of hydrogen-bond donors (Lipinski definition) is 1. The summed E-state index contributed by atoms with van der Waals surface area (Å²) in [5.41, 5.74) is 2.25. The molecule has 1 aromatic carbocycles. The molecule has 0 aliphatic heterocycles. The molecule has 0 bridgehead atoms. The summed E-state index contributed by atoms with van der Waals surface area (Å²) in [6.45, 7) is 7.10. The number of halogens is 2. The molecule has 0 amide bonds. The Bertz CT molecular complexity index is 413. The Balaban J connectivity index is 2.61. The molecule has 0 aliphatic carbocycles. The van der Waals surface area contributed by atoms with E-state index in [0.29, 0.717) is 6.54 Å². The second kappa shape index (κ2) is 6.76. The third kappa shape index (κ3) is 5.52. The predicted molar refractivity (Wildman–Crippen MR) is 73.5 cm³/mol. The number of nitrogens with one attached hydrogen (secondary N) is 1. The average molecular weight is 272 g/mol. The zero-order valence-electron chi connectivity index (χ0n) is 11.0. The first-order valence-electron chi connectivity index (χ1n) is 5.84. The summed E-state index contributed by atoms with van der Waals surface area (Å²) in [6, 6.07) is 4.97. The monoisotopic (exact) mass is 271 g/mol. The lowest BCUT2D eigenvalue weighted by Gasteiger charge is -2.20. The quantitative estimate of drug-likeness (QED) is 0.878. The van der Waals surface area contributed by atoms with Gasteiger partial charge in [-0.15, -0.1) is 0 Å². The summed E-state index contributed by atoms with van der Waals surface area (Å²) in [5.74, 6) is -0.115. The van der Waals surface area contributed by atoms with Crippen molar-refractivity contribution in [1.29, 1.82) is 0 Å². The predicted octanol–water partition coefficient (Wildman–Crippen LogP) is 3.85. The Morgan fingerprint density at radius 3 is 2.67 bits per heavy atom. The van der Waals surface area contributed by atoms with E-state index in [1.807, 2.05) is 6.07 Å². The van der Waals surface area contributed by atoms with Crippen molar-refractivity contribution >= 4 is 11.6 Å². The molecule has 0 aliphatic rings. The highest BCUT2D eigenvalue weighted by Crippen LogP contribution is 2.18. The molecule has 1 N–H and O–H groups in total. The van der Waals surface area contributed by atoms with Gasteiger partial charge in [-0.3, -0.25) is 0 Å². The van der Waals surface area contributed by atoms with Crippen LogP contribution < -0.4 is 10.1 Å². The van der Waals surface area contributed by atoms with Crippen LogP contribution in [0.1, 0.15) is 26.3 Å². The first kappa shape index (κ1) is 15.0. The van der Waals surface area contributed by atoms with Crippen LogP contribution in [0.15, 0.2) is 29.8 Å². The largest absolute Gasteiger partial charge is 0.486 e. The van der Waals surface area contributed by atoms with Gasteiger partial charge < -0.3 is 10.1 Å². The van der Waals surface area contributed by atoms with Crippen molar-refractivity contribution in [2.45, 2.75) is 32.9 Å². The smallest absolute Gasteiger partial charge is 0.165 e. The first-order valence-corrected chi connectivity index (χ1v) is 6.27. The molecule has 100 valence electrons. The van der Waals surface area contributed by atoms with E-state index >= 15 is 0 Å². The van der Waals surface area contributed by atoms with E-state index in [1.54, 1.807) is 12.1 Å². The molecule has 0 aromatic heterocycles. The highest BCUT2D eigenvalue weighted by molar-refractivity contribution is 6.25. The van der Waals surface area contributed by atoms with E-state index in [4.69, 9.17) is 16.3 Å². The Hall–Kier alpha value is -1.06. The molecular weight excluding hydrogens is 253 g/mol. The lowest BCUT2D eigenvalue weighted by atomic mass is 10.1. The zero-order valence-corrected chi connectivity index (χ0v) is 11.7. The van der Waals surface area contributed by atoms with E-state index in [9.17, 15) is 4.39 Å². The summed E-state index contributed by atoms with van der Waals surface area (Å²) in [5, 5.41) is 3.30. The first-order chi connectivity index (χ1) is 8.42. The van der Waals surface area contributed by atoms with Gasteiger partial charge in [-0.2, -0.15) is 0 Å². The highest BCUT2D eigenvalue weighted by Gasteiger charge is 2.10. The molecule has 18 heavy (non-hydrogen) atoms. The van der Waals surface area contributed by atoms with Gasteiger partial charge in [-0.25, -0.2) is 4.39 Å². The summed E-state index contributed by atoms with van der Waals surface area (Å²) in [6.07, 6.45) is 1.61. The van der Waals surface area contributed by atoms with Crippen LogP contribution >= 0.6 is 11.6 Å². The maximum Gasteiger partial charge on any atom is 0.165 e. The summed E-state index contributed by atoms with van der Waals surface area (Å²) < 4.78 is 18.9. The van der Waals surface area contributed by atoms with E-state index in [2.05, 4.69) is 26.1 Å². The van der Waals surface area contributed by atoms with Gasteiger partial charge in [0.05, 0.1) is 0 Å². The molecule has 4 heteroatoms. The number of ether oxygens (including phenoxy) is 1. The van der Waals surface area contributed by atoms with Gasteiger partial charge in [-0.1, -0.05) is 17.7 Å². The van der Waals surface area contributed by atoms with Crippen LogP contribution in [0.5, 0.6) is 5.75 Å². The van der Waals surface area contributed by atoms with Crippen molar-refractivity contribution in [3.63, 3.8) is 0 Å². The van der Waals surface area contributed by atoms with E-state index in [-0.39, 0.29) is 23.7 Å². The second-order valence-corrected chi connectivity index (χ2v) is 5.29. The molecular formula is C14H19ClFNO. The molecule has 0 heterocycles. The standard InChI is InChI=1S/C14H19ClFNO/c1-14(2,3)17-10-11-5-6-13(12(16)9-11)18-8-4-7-15/h4-7,9,17H,8,10H2,1-3H3/b7-4+. The van der Waals surface area contributed by atoms with Crippen molar-refractivity contribution in [2.24, 2.45) is 0 Å². The van der Waals surface area contributed by atoms with Crippen molar-refractivity contribution in [2.75, 3.05) is 6.61 Å². The van der Waals surface area contributed by atoms with Crippen molar-refractivity contribution < 1.29 is 9.13 Å². The summed E-state index contributed by atoms with van der Waals surface area (Å²) in [4.78, 5) is 0. The fraction of sp³-hybridized carbons (Fsp3) is 0.429. The fourth-order valence-corrected chi connectivity index (χ4v) is 1.39. The van der Waals surface area contributed by atoms with Crippen LogP contribution in [-0.2, 0) is 6.54 Å². The molecule has 2 nitrogen and oxygen atoms in total. The highest BCUT2D eigenvalue weighted by atomic mass is 35.5. The van der Waals surface area contributed by atoms with Crippen molar-refractivity contribution in [3.8, 4) is 5.75 Å². The minimum atomic E-state index is -0.355. The molecule has 1 aromatic rings. The Morgan fingerprint density at radius 2 is 2.11 bits per heavy atom. The molecule has 1 rings (SSSR count). The minimum Gasteiger partial charge on any atom is -0.486 e. The van der Waals surface area contributed by atoms with Gasteiger partial charge in [0.1, 0.15) is 6.61 Å². The zero-order chi connectivity index (χ0) is 13.6. The van der Waals surface area contributed by atoms with Crippen LogP contribution in [-0.4, -0.2) is 12.1 Å². The lowest BCUT2D eigenvalue weighted by Crippen LogP contribution is -2.35. The molecule has 0 spiro atoms. The average Bonchev–Trinajstić information content (AvgIpc) is 2.28. The van der Waals surface area contributed by atoms with Crippen LogP contribution in [0.4, 0.5) is 4.39 Å². The summed E-state index contributed by atoms with van der Waals surface area (Å²) in [7, 11) is 0. The second-order valence-electron chi connectivity index (χ2n) is 5.04. The van der Waals surface area contributed by atoms with Crippen molar-refractivity contribution in [3.05, 3.63) is 41.2 Å². The fourth-order valence-electron chi connectivity index (χ4n) is 1.31. The number of rotatable bonds is 5. The number of hydrogen-bond acceptors (Lipinski definition) is 2. The Morgan fingerprint density at radius 1 is 1.39 bits per heavy atom. The van der Waals surface area contributed by atoms with Crippen LogP contribution in [0.25, 0.3) is 0 Å². The van der Waals surface area contributed by atoms with Gasteiger partial charge in [0.15, 0.2) is 11.6 Å². The molecule has 0 unspecified atom stereocenters. The normalized spacial score (nSPS) is 12.1. The van der Waals surface area contributed by atoms with Gasteiger partial charge in [-0.05, 0) is 44.5 Å². The van der Waals surface area contributed by atoms with Crippen molar-refractivity contribution in [1.82, 2.24) is 5.32 Å². The minimum absolute atomic E-state index is 0.0107. The SMILES string of the molecule is CC(C)(C)NCc1ccc(OC/C=C/Cl)c(F)c1. The van der Waals surface area contributed by atoms with E-state index < -0.39 is 0 Å². The van der Waals surface area contributed by atoms with E-state index in [0.717, 1.165) is 5.56 Å². The van der Waals surface area contributed by atoms with Gasteiger partial charge in [0.25, 0.3) is 0 Å². The molecule has 0 fully saturated rings. The molecule has 0 atom stereocenters. The Kier molecular flexibility index (Phi) is 5.63. The third-order valence-corrected chi connectivity index (χ3v) is 2.42.